The molecule has 6 heteroatoms. The summed E-state index contributed by atoms with van der Waals surface area (Å²) in [6.45, 7) is 6.17. The first-order valence-corrected chi connectivity index (χ1v) is 10.8. The fourth-order valence-corrected chi connectivity index (χ4v) is 4.64. The molecule has 6 nitrogen and oxygen atoms in total. The van der Waals surface area contributed by atoms with Gasteiger partial charge in [-0.2, -0.15) is 0 Å². The standard InChI is InChI=1S/C24H35N5O/c1-17-12-18(2)15-29(14-17)21(30)13-20(19-10-8-7-9-11-19)22-23(27(3)4)25-16-26-24(22)28(5)6/h7-11,16-18,20H,12-15H2,1-6H3/t17-,18?,20?/m1/s1. The van der Waals surface area contributed by atoms with Crippen molar-refractivity contribution in [3.05, 3.63) is 47.8 Å². The van der Waals surface area contributed by atoms with Gasteiger partial charge in [0.05, 0.1) is 0 Å². The Bertz CT molecular complexity index is 816. The molecular formula is C24H35N5O. The monoisotopic (exact) mass is 409 g/mol. The van der Waals surface area contributed by atoms with Crippen molar-refractivity contribution in [3.8, 4) is 0 Å². The number of rotatable bonds is 6. The Morgan fingerprint density at radius 1 is 1.00 bits per heavy atom. The van der Waals surface area contributed by atoms with E-state index in [1.165, 1.54) is 6.42 Å². The predicted octanol–water partition coefficient (Wildman–Crippen LogP) is 3.64. The van der Waals surface area contributed by atoms with Crippen molar-refractivity contribution in [2.75, 3.05) is 51.1 Å². The summed E-state index contributed by atoms with van der Waals surface area (Å²) in [5, 5.41) is 0. The number of anilines is 2. The second-order valence-corrected chi connectivity index (χ2v) is 9.14. The van der Waals surface area contributed by atoms with Gasteiger partial charge in [0.15, 0.2) is 0 Å². The quantitative estimate of drug-likeness (QED) is 0.729. The van der Waals surface area contributed by atoms with E-state index in [1.807, 2.05) is 56.2 Å². The molecule has 30 heavy (non-hydrogen) atoms. The Balaban J connectivity index is 2.04. The molecule has 2 unspecified atom stereocenters. The van der Waals surface area contributed by atoms with Gasteiger partial charge in [-0.1, -0.05) is 44.2 Å². The van der Waals surface area contributed by atoms with Crippen LogP contribution in [0.2, 0.25) is 0 Å². The molecule has 3 atom stereocenters. The molecule has 1 saturated heterocycles. The van der Waals surface area contributed by atoms with Crippen molar-refractivity contribution in [2.45, 2.75) is 32.6 Å². The summed E-state index contributed by atoms with van der Waals surface area (Å²) in [5.41, 5.74) is 2.12. The maximum atomic E-state index is 13.5. The Hall–Kier alpha value is -2.63. The Morgan fingerprint density at radius 2 is 1.53 bits per heavy atom. The summed E-state index contributed by atoms with van der Waals surface area (Å²) in [4.78, 5) is 28.7. The fourth-order valence-electron chi connectivity index (χ4n) is 4.64. The molecule has 0 spiro atoms. The Morgan fingerprint density at radius 3 is 2.03 bits per heavy atom. The topological polar surface area (TPSA) is 52.6 Å². The van der Waals surface area contributed by atoms with E-state index in [1.54, 1.807) is 6.33 Å². The van der Waals surface area contributed by atoms with Gasteiger partial charge in [-0.15, -0.1) is 0 Å². The summed E-state index contributed by atoms with van der Waals surface area (Å²) in [5.74, 6) is 2.90. The van der Waals surface area contributed by atoms with Gasteiger partial charge in [0.2, 0.25) is 5.91 Å². The summed E-state index contributed by atoms with van der Waals surface area (Å²) >= 11 is 0. The minimum atomic E-state index is -0.109. The number of hydrogen-bond donors (Lipinski definition) is 0. The second kappa shape index (κ2) is 9.45. The highest BCUT2D eigenvalue weighted by molar-refractivity contribution is 5.79. The number of aromatic nitrogens is 2. The molecule has 1 fully saturated rings. The zero-order chi connectivity index (χ0) is 21.8. The van der Waals surface area contributed by atoms with Crippen molar-refractivity contribution in [2.24, 2.45) is 11.8 Å². The highest BCUT2D eigenvalue weighted by Gasteiger charge is 2.31. The molecule has 1 aliphatic rings. The highest BCUT2D eigenvalue weighted by Crippen LogP contribution is 2.39. The van der Waals surface area contributed by atoms with E-state index in [0.29, 0.717) is 18.3 Å². The Labute approximate surface area is 180 Å². The fraction of sp³-hybridized carbons (Fsp3) is 0.542. The second-order valence-electron chi connectivity index (χ2n) is 9.14. The van der Waals surface area contributed by atoms with Crippen LogP contribution in [0.15, 0.2) is 36.7 Å². The van der Waals surface area contributed by atoms with E-state index >= 15 is 0 Å². The molecule has 1 amide bonds. The number of hydrogen-bond acceptors (Lipinski definition) is 5. The Kier molecular flexibility index (Phi) is 6.95. The number of carbonyl (C=O) groups excluding carboxylic acids is 1. The lowest BCUT2D eigenvalue weighted by Gasteiger charge is -2.36. The van der Waals surface area contributed by atoms with Gasteiger partial charge in [-0.05, 0) is 23.8 Å². The highest BCUT2D eigenvalue weighted by atomic mass is 16.2. The predicted molar refractivity (Wildman–Crippen MR) is 123 cm³/mol. The first kappa shape index (κ1) is 22.1. The van der Waals surface area contributed by atoms with E-state index in [4.69, 9.17) is 0 Å². The van der Waals surface area contributed by atoms with Crippen LogP contribution in [0.4, 0.5) is 11.6 Å². The van der Waals surface area contributed by atoms with Gasteiger partial charge in [0.1, 0.15) is 18.0 Å². The molecule has 0 aliphatic carbocycles. The van der Waals surface area contributed by atoms with E-state index in [9.17, 15) is 4.79 Å². The molecule has 0 radical (unpaired) electrons. The first-order chi connectivity index (χ1) is 14.3. The van der Waals surface area contributed by atoms with Gasteiger partial charge in [0, 0.05) is 59.2 Å². The van der Waals surface area contributed by atoms with Crippen LogP contribution in [0.3, 0.4) is 0 Å². The van der Waals surface area contributed by atoms with E-state index in [2.05, 4.69) is 40.8 Å². The number of piperidine rings is 1. The van der Waals surface area contributed by atoms with Crippen molar-refractivity contribution >= 4 is 17.5 Å². The van der Waals surface area contributed by atoms with Crippen LogP contribution in [0, 0.1) is 11.8 Å². The summed E-state index contributed by atoms with van der Waals surface area (Å²) in [7, 11) is 7.96. The van der Waals surface area contributed by atoms with E-state index in [0.717, 1.165) is 35.9 Å². The minimum absolute atomic E-state index is 0.109. The van der Waals surface area contributed by atoms with Crippen molar-refractivity contribution in [3.63, 3.8) is 0 Å². The average molecular weight is 410 g/mol. The summed E-state index contributed by atoms with van der Waals surface area (Å²) in [6.07, 6.45) is 3.21. The number of amides is 1. The van der Waals surface area contributed by atoms with Gasteiger partial charge >= 0.3 is 0 Å². The first-order valence-electron chi connectivity index (χ1n) is 10.8. The third kappa shape index (κ3) is 4.91. The van der Waals surface area contributed by atoms with Crippen LogP contribution in [0.5, 0.6) is 0 Å². The largest absolute Gasteiger partial charge is 0.362 e. The lowest BCUT2D eigenvalue weighted by Crippen LogP contribution is -2.43. The molecule has 2 heterocycles. The van der Waals surface area contributed by atoms with E-state index < -0.39 is 0 Å². The van der Waals surface area contributed by atoms with Crippen LogP contribution in [0.1, 0.15) is 43.7 Å². The van der Waals surface area contributed by atoms with Crippen molar-refractivity contribution in [1.82, 2.24) is 14.9 Å². The molecular weight excluding hydrogens is 374 g/mol. The van der Waals surface area contributed by atoms with Crippen LogP contribution in [-0.4, -0.2) is 62.1 Å². The third-order valence-electron chi connectivity index (χ3n) is 5.84. The lowest BCUT2D eigenvalue weighted by atomic mass is 9.86. The molecule has 0 saturated carbocycles. The molecule has 2 aromatic rings. The van der Waals surface area contributed by atoms with Crippen LogP contribution < -0.4 is 9.80 Å². The van der Waals surface area contributed by atoms with Crippen molar-refractivity contribution < 1.29 is 4.79 Å². The van der Waals surface area contributed by atoms with E-state index in [-0.39, 0.29) is 11.8 Å². The number of benzene rings is 1. The maximum absolute atomic E-state index is 13.5. The number of carbonyl (C=O) groups is 1. The van der Waals surface area contributed by atoms with Crippen LogP contribution >= 0.6 is 0 Å². The molecule has 0 N–H and O–H groups in total. The molecule has 1 aromatic heterocycles. The molecule has 1 aliphatic heterocycles. The molecule has 1 aromatic carbocycles. The SMILES string of the molecule is CC1C[C@@H](C)CN(C(=O)CC(c2ccccc2)c2c(N(C)C)ncnc2N(C)C)C1. The van der Waals surface area contributed by atoms with Crippen LogP contribution in [0.25, 0.3) is 0 Å². The number of nitrogens with zero attached hydrogens (tertiary/aromatic N) is 5. The molecule has 0 bridgehead atoms. The zero-order valence-electron chi connectivity index (χ0n) is 19.2. The van der Waals surface area contributed by atoms with Gasteiger partial charge < -0.3 is 14.7 Å². The number of likely N-dealkylation sites (tertiary alicyclic amines) is 1. The third-order valence-corrected chi connectivity index (χ3v) is 5.84. The minimum Gasteiger partial charge on any atom is -0.362 e. The smallest absolute Gasteiger partial charge is 0.223 e. The molecule has 3 rings (SSSR count). The van der Waals surface area contributed by atoms with Gasteiger partial charge in [0.25, 0.3) is 0 Å². The average Bonchev–Trinajstić information content (AvgIpc) is 2.71. The maximum Gasteiger partial charge on any atom is 0.223 e. The van der Waals surface area contributed by atoms with Gasteiger partial charge in [-0.3, -0.25) is 4.79 Å². The normalized spacial score (nSPS) is 20.0. The molecule has 162 valence electrons. The van der Waals surface area contributed by atoms with Crippen LogP contribution in [-0.2, 0) is 4.79 Å². The lowest BCUT2D eigenvalue weighted by molar-refractivity contribution is -0.134. The zero-order valence-corrected chi connectivity index (χ0v) is 19.2. The van der Waals surface area contributed by atoms with Gasteiger partial charge in [-0.25, -0.2) is 9.97 Å². The summed E-state index contributed by atoms with van der Waals surface area (Å²) < 4.78 is 0. The van der Waals surface area contributed by atoms with Crippen molar-refractivity contribution in [1.29, 1.82) is 0 Å². The summed E-state index contributed by atoms with van der Waals surface area (Å²) in [6, 6.07) is 10.3.